The summed E-state index contributed by atoms with van der Waals surface area (Å²) in [5, 5.41) is 0.511. The van der Waals surface area contributed by atoms with Crippen LogP contribution >= 0.6 is 11.6 Å². The minimum atomic E-state index is 0.511. The number of nitrogens with zero attached hydrogens (tertiary/aromatic N) is 1. The van der Waals surface area contributed by atoms with Crippen LogP contribution in [-0.4, -0.2) is 17.7 Å². The highest BCUT2D eigenvalue weighted by Crippen LogP contribution is 2.19. The number of aldehydes is 1. The third-order valence-electron chi connectivity index (χ3n) is 2.47. The van der Waals surface area contributed by atoms with Gasteiger partial charge in [0.05, 0.1) is 5.03 Å². The van der Waals surface area contributed by atoms with Gasteiger partial charge in [-0.15, -0.1) is 0 Å². The van der Waals surface area contributed by atoms with Gasteiger partial charge in [0, 0.05) is 24.9 Å². The predicted molar refractivity (Wildman–Crippen MR) is 64.9 cm³/mol. The summed E-state index contributed by atoms with van der Waals surface area (Å²) >= 11 is 5.96. The molecule has 0 N–H and O–H groups in total. The van der Waals surface area contributed by atoms with E-state index < -0.39 is 0 Å². The topological polar surface area (TPSA) is 20.3 Å². The molecule has 1 aromatic carbocycles. The highest BCUT2D eigenvalue weighted by molar-refractivity contribution is 6.34. The van der Waals surface area contributed by atoms with Gasteiger partial charge in [0.25, 0.3) is 0 Å². The van der Waals surface area contributed by atoms with Crippen LogP contribution in [0.25, 0.3) is 0 Å². The Morgan fingerprint density at radius 1 is 1.31 bits per heavy atom. The average Bonchev–Trinajstić information content (AvgIpc) is 2.31. The number of carbonyl (C=O) groups is 1. The van der Waals surface area contributed by atoms with Crippen molar-refractivity contribution < 1.29 is 4.79 Å². The van der Waals surface area contributed by atoms with Crippen molar-refractivity contribution in [2.24, 2.45) is 0 Å². The highest BCUT2D eigenvalue weighted by atomic mass is 35.5. The number of carbonyl (C=O) groups excluding carboxylic acids is 1. The maximum Gasteiger partial charge on any atom is 0.151 e. The molecule has 0 saturated carbocycles. The minimum absolute atomic E-state index is 0.511. The number of hydrogen-bond donors (Lipinski definition) is 0. The van der Waals surface area contributed by atoms with Gasteiger partial charge in [-0.1, -0.05) is 48.0 Å². The van der Waals surface area contributed by atoms with Crippen molar-refractivity contribution in [2.45, 2.75) is 6.54 Å². The van der Waals surface area contributed by atoms with Crippen LogP contribution in [0.2, 0.25) is 0 Å². The molecule has 0 fully saturated rings. The predicted octanol–water partition coefficient (Wildman–Crippen LogP) is 2.71. The average molecular weight is 234 g/mol. The van der Waals surface area contributed by atoms with Gasteiger partial charge in [0.15, 0.2) is 6.29 Å². The molecule has 1 heterocycles. The largest absolute Gasteiger partial charge is 0.368 e. The molecule has 0 saturated heterocycles. The number of allylic oxidation sites excluding steroid dienone is 2. The molecule has 0 amide bonds. The van der Waals surface area contributed by atoms with Gasteiger partial charge in [-0.25, -0.2) is 0 Å². The van der Waals surface area contributed by atoms with Crippen molar-refractivity contribution in [3.8, 4) is 0 Å². The molecule has 1 aliphatic heterocycles. The van der Waals surface area contributed by atoms with Crippen LogP contribution in [-0.2, 0) is 11.3 Å². The van der Waals surface area contributed by atoms with E-state index in [4.69, 9.17) is 11.6 Å². The summed E-state index contributed by atoms with van der Waals surface area (Å²) in [6.45, 7) is 1.53. The van der Waals surface area contributed by atoms with Crippen LogP contribution in [0.3, 0.4) is 0 Å². The fourth-order valence-electron chi connectivity index (χ4n) is 1.63. The van der Waals surface area contributed by atoms with Crippen LogP contribution in [0, 0.1) is 0 Å². The van der Waals surface area contributed by atoms with E-state index in [1.54, 1.807) is 0 Å². The third-order valence-corrected chi connectivity index (χ3v) is 2.79. The lowest BCUT2D eigenvalue weighted by Gasteiger charge is -2.23. The summed E-state index contributed by atoms with van der Waals surface area (Å²) in [4.78, 5) is 12.7. The van der Waals surface area contributed by atoms with Crippen LogP contribution in [0.15, 0.2) is 53.2 Å². The van der Waals surface area contributed by atoms with Gasteiger partial charge in [0.1, 0.15) is 0 Å². The molecule has 16 heavy (non-hydrogen) atoms. The van der Waals surface area contributed by atoms with Crippen molar-refractivity contribution in [1.82, 2.24) is 4.90 Å². The fraction of sp³-hybridized carbons (Fsp3) is 0.154. The first-order valence-electron chi connectivity index (χ1n) is 5.10. The molecular weight excluding hydrogens is 222 g/mol. The number of hydrogen-bond acceptors (Lipinski definition) is 2. The Morgan fingerprint density at radius 2 is 2.06 bits per heavy atom. The summed E-state index contributed by atoms with van der Waals surface area (Å²) in [6, 6.07) is 10.2. The Labute approximate surface area is 99.8 Å². The minimum Gasteiger partial charge on any atom is -0.368 e. The molecule has 0 spiro atoms. The Bertz CT molecular complexity index is 437. The van der Waals surface area contributed by atoms with Gasteiger partial charge >= 0.3 is 0 Å². The fourth-order valence-corrected chi connectivity index (χ4v) is 1.89. The first-order chi connectivity index (χ1) is 7.79. The molecule has 2 rings (SSSR count). The second-order valence-corrected chi connectivity index (χ2v) is 4.08. The smallest absolute Gasteiger partial charge is 0.151 e. The zero-order valence-electron chi connectivity index (χ0n) is 8.77. The van der Waals surface area contributed by atoms with Crippen LogP contribution in [0.4, 0.5) is 0 Å². The molecule has 3 heteroatoms. The molecule has 0 bridgehead atoms. The van der Waals surface area contributed by atoms with Gasteiger partial charge in [0.2, 0.25) is 0 Å². The summed E-state index contributed by atoms with van der Waals surface area (Å²) in [6.07, 6.45) is 4.45. The number of benzene rings is 1. The Balaban J connectivity index is 2.05. The first kappa shape index (κ1) is 11.0. The summed E-state index contributed by atoms with van der Waals surface area (Å²) in [5.41, 5.74) is 1.80. The molecule has 1 aliphatic rings. The van der Waals surface area contributed by atoms with Crippen LogP contribution < -0.4 is 0 Å². The van der Waals surface area contributed by atoms with Crippen molar-refractivity contribution >= 4 is 17.9 Å². The molecule has 0 unspecified atom stereocenters. The SMILES string of the molecule is O=CC1=CCN(Cc2ccccc2)C=C1Cl. The summed E-state index contributed by atoms with van der Waals surface area (Å²) in [7, 11) is 0. The maximum atomic E-state index is 10.6. The molecule has 1 aromatic rings. The molecule has 0 radical (unpaired) electrons. The van der Waals surface area contributed by atoms with E-state index in [0.29, 0.717) is 10.6 Å². The van der Waals surface area contributed by atoms with Crippen molar-refractivity contribution in [3.05, 3.63) is 58.8 Å². The Hall–Kier alpha value is -1.54. The normalized spacial score (nSPS) is 15.4. The summed E-state index contributed by atoms with van der Waals surface area (Å²) in [5.74, 6) is 0. The van der Waals surface area contributed by atoms with E-state index in [1.807, 2.05) is 30.5 Å². The van der Waals surface area contributed by atoms with E-state index in [2.05, 4.69) is 17.0 Å². The van der Waals surface area contributed by atoms with Crippen LogP contribution in [0.1, 0.15) is 5.56 Å². The molecule has 0 aromatic heterocycles. The third kappa shape index (κ3) is 2.52. The lowest BCUT2D eigenvalue weighted by Crippen LogP contribution is -2.20. The monoisotopic (exact) mass is 233 g/mol. The number of halogens is 1. The van der Waals surface area contributed by atoms with E-state index >= 15 is 0 Å². The Kier molecular flexibility index (Phi) is 3.42. The van der Waals surface area contributed by atoms with Gasteiger partial charge < -0.3 is 4.90 Å². The van der Waals surface area contributed by atoms with Crippen molar-refractivity contribution in [3.63, 3.8) is 0 Å². The van der Waals surface area contributed by atoms with E-state index in [1.165, 1.54) is 5.56 Å². The molecule has 82 valence electrons. The molecule has 2 nitrogen and oxygen atoms in total. The van der Waals surface area contributed by atoms with Crippen molar-refractivity contribution in [2.75, 3.05) is 6.54 Å². The second-order valence-electron chi connectivity index (χ2n) is 3.67. The molecular formula is C13H12ClNO. The van der Waals surface area contributed by atoms with Crippen LogP contribution in [0.5, 0.6) is 0 Å². The van der Waals surface area contributed by atoms with E-state index in [0.717, 1.165) is 19.4 Å². The lowest BCUT2D eigenvalue weighted by atomic mass is 10.1. The quantitative estimate of drug-likeness (QED) is 0.749. The number of rotatable bonds is 3. The van der Waals surface area contributed by atoms with Gasteiger partial charge in [-0.3, -0.25) is 4.79 Å². The lowest BCUT2D eigenvalue weighted by molar-refractivity contribution is -0.104. The van der Waals surface area contributed by atoms with E-state index in [-0.39, 0.29) is 0 Å². The maximum absolute atomic E-state index is 10.6. The van der Waals surface area contributed by atoms with E-state index in [9.17, 15) is 4.79 Å². The zero-order valence-corrected chi connectivity index (χ0v) is 9.52. The zero-order chi connectivity index (χ0) is 11.4. The molecule has 0 atom stereocenters. The van der Waals surface area contributed by atoms with Crippen molar-refractivity contribution in [1.29, 1.82) is 0 Å². The molecule has 0 aliphatic carbocycles. The second kappa shape index (κ2) is 4.99. The highest BCUT2D eigenvalue weighted by Gasteiger charge is 2.10. The standard InChI is InChI=1S/C13H12ClNO/c14-13-9-15(7-6-12(13)10-16)8-11-4-2-1-3-5-11/h1-6,9-10H,7-8H2. The Morgan fingerprint density at radius 3 is 2.69 bits per heavy atom. The summed E-state index contributed by atoms with van der Waals surface area (Å²) < 4.78 is 0. The first-order valence-corrected chi connectivity index (χ1v) is 5.48. The van der Waals surface area contributed by atoms with Gasteiger partial charge in [-0.05, 0) is 5.56 Å². The van der Waals surface area contributed by atoms with Gasteiger partial charge in [-0.2, -0.15) is 0 Å².